The Balaban J connectivity index is 1.38. The highest BCUT2D eigenvalue weighted by atomic mass is 19.4. The van der Waals surface area contributed by atoms with E-state index in [1.54, 1.807) is 0 Å². The van der Waals surface area contributed by atoms with Gasteiger partial charge in [-0.1, -0.05) is 60.7 Å². The number of rotatable bonds is 10. The van der Waals surface area contributed by atoms with Gasteiger partial charge in [-0.05, 0) is 54.7 Å². The maximum absolute atomic E-state index is 13.5. The van der Waals surface area contributed by atoms with Gasteiger partial charge in [0.15, 0.2) is 0 Å². The number of aromatic nitrogens is 3. The van der Waals surface area contributed by atoms with Crippen LogP contribution in [-0.4, -0.2) is 32.7 Å². The summed E-state index contributed by atoms with van der Waals surface area (Å²) in [7, 11) is 0. The molecule has 0 unspecified atom stereocenters. The summed E-state index contributed by atoms with van der Waals surface area (Å²) in [4.78, 5) is 16.5. The Morgan fingerprint density at radius 1 is 0.907 bits per heavy atom. The first-order valence-electron chi connectivity index (χ1n) is 13.7. The first-order valence-corrected chi connectivity index (χ1v) is 13.7. The summed E-state index contributed by atoms with van der Waals surface area (Å²) in [5.74, 6) is 0.480. The second-order valence-corrected chi connectivity index (χ2v) is 11.0. The van der Waals surface area contributed by atoms with Gasteiger partial charge in [0.25, 0.3) is 0 Å². The van der Waals surface area contributed by atoms with Crippen molar-refractivity contribution in [3.8, 4) is 0 Å². The lowest BCUT2D eigenvalue weighted by Crippen LogP contribution is -2.55. The SMILES string of the molecule is C[C@@H](OCC1(c2ccccc2)CC(N(Cc2ccccc2)Cc2n[nH]c(=O)[nH]2)C1)c1cc(C(F)(F)F)cc(C(F)(F)F)c1. The van der Waals surface area contributed by atoms with Gasteiger partial charge in [0.2, 0.25) is 0 Å². The number of alkyl halides is 6. The van der Waals surface area contributed by atoms with E-state index in [1.165, 1.54) is 6.92 Å². The summed E-state index contributed by atoms with van der Waals surface area (Å²) in [6, 6.07) is 20.9. The molecule has 43 heavy (non-hydrogen) atoms. The van der Waals surface area contributed by atoms with Crippen LogP contribution in [-0.2, 0) is 35.6 Å². The van der Waals surface area contributed by atoms with E-state index in [-0.39, 0.29) is 24.3 Å². The molecule has 0 amide bonds. The zero-order chi connectivity index (χ0) is 30.8. The van der Waals surface area contributed by atoms with Crippen molar-refractivity contribution in [2.75, 3.05) is 6.61 Å². The molecular formula is C31H30F6N4O2. The number of hydrogen-bond acceptors (Lipinski definition) is 4. The number of halogens is 6. The van der Waals surface area contributed by atoms with Crippen LogP contribution in [0, 0.1) is 0 Å². The third-order valence-electron chi connectivity index (χ3n) is 7.98. The minimum atomic E-state index is -4.94. The molecule has 6 nitrogen and oxygen atoms in total. The second-order valence-electron chi connectivity index (χ2n) is 11.0. The second kappa shape index (κ2) is 12.0. The molecule has 0 saturated heterocycles. The van der Waals surface area contributed by atoms with E-state index in [1.807, 2.05) is 60.7 Å². The third kappa shape index (κ3) is 7.19. The van der Waals surface area contributed by atoms with Gasteiger partial charge in [0.05, 0.1) is 30.4 Å². The first kappa shape index (κ1) is 30.6. The number of nitrogens with one attached hydrogen (secondary N) is 2. The molecule has 1 aliphatic rings. The average Bonchev–Trinajstić information content (AvgIpc) is 3.36. The Bertz CT molecular complexity index is 1530. The lowest BCUT2D eigenvalue weighted by atomic mass is 9.61. The molecule has 1 atom stereocenters. The summed E-state index contributed by atoms with van der Waals surface area (Å²) in [6.07, 6.45) is -9.69. The van der Waals surface area contributed by atoms with Crippen LogP contribution in [0.25, 0.3) is 0 Å². The molecule has 228 valence electrons. The van der Waals surface area contributed by atoms with Crippen molar-refractivity contribution in [1.29, 1.82) is 0 Å². The van der Waals surface area contributed by atoms with Crippen molar-refractivity contribution in [3.05, 3.63) is 123 Å². The number of nitrogens with zero attached hydrogens (tertiary/aromatic N) is 2. The van der Waals surface area contributed by atoms with Gasteiger partial charge in [-0.25, -0.2) is 9.89 Å². The van der Waals surface area contributed by atoms with Gasteiger partial charge in [0, 0.05) is 18.0 Å². The highest BCUT2D eigenvalue weighted by Crippen LogP contribution is 2.48. The van der Waals surface area contributed by atoms with Crippen molar-refractivity contribution < 1.29 is 31.1 Å². The minimum Gasteiger partial charge on any atom is -0.373 e. The average molecular weight is 605 g/mol. The normalized spacial score (nSPS) is 19.8. The van der Waals surface area contributed by atoms with Crippen molar-refractivity contribution in [1.82, 2.24) is 20.1 Å². The molecule has 0 spiro atoms. The Morgan fingerprint density at radius 2 is 1.49 bits per heavy atom. The van der Waals surface area contributed by atoms with Crippen LogP contribution < -0.4 is 5.69 Å². The van der Waals surface area contributed by atoms with Crippen LogP contribution in [0.5, 0.6) is 0 Å². The molecule has 0 radical (unpaired) electrons. The van der Waals surface area contributed by atoms with Gasteiger partial charge in [0.1, 0.15) is 5.82 Å². The molecule has 0 bridgehead atoms. The Morgan fingerprint density at radius 3 is 2.02 bits per heavy atom. The molecule has 1 aromatic heterocycles. The van der Waals surface area contributed by atoms with E-state index in [0.717, 1.165) is 11.1 Å². The predicted molar refractivity (Wildman–Crippen MR) is 147 cm³/mol. The molecule has 4 aromatic rings. The highest BCUT2D eigenvalue weighted by Gasteiger charge is 2.48. The van der Waals surface area contributed by atoms with Crippen LogP contribution in [0.4, 0.5) is 26.3 Å². The number of ether oxygens (including phenoxy) is 1. The van der Waals surface area contributed by atoms with E-state index in [9.17, 15) is 31.1 Å². The van der Waals surface area contributed by atoms with E-state index in [4.69, 9.17) is 4.74 Å². The van der Waals surface area contributed by atoms with E-state index in [2.05, 4.69) is 20.1 Å². The minimum absolute atomic E-state index is 0.0323. The Labute approximate surface area is 243 Å². The molecule has 5 rings (SSSR count). The Kier molecular flexibility index (Phi) is 8.53. The van der Waals surface area contributed by atoms with Gasteiger partial charge >= 0.3 is 18.0 Å². The third-order valence-corrected chi connectivity index (χ3v) is 7.98. The quantitative estimate of drug-likeness (QED) is 0.191. The summed E-state index contributed by atoms with van der Waals surface area (Å²) >= 11 is 0. The lowest BCUT2D eigenvalue weighted by Gasteiger charge is -2.52. The fraction of sp³-hybridized carbons (Fsp3) is 0.355. The van der Waals surface area contributed by atoms with E-state index < -0.39 is 40.7 Å². The van der Waals surface area contributed by atoms with E-state index >= 15 is 0 Å². The highest BCUT2D eigenvalue weighted by molar-refractivity contribution is 5.35. The zero-order valence-corrected chi connectivity index (χ0v) is 23.2. The maximum Gasteiger partial charge on any atom is 0.416 e. The molecule has 1 fully saturated rings. The molecule has 12 heteroatoms. The first-order chi connectivity index (χ1) is 20.3. The molecule has 1 heterocycles. The fourth-order valence-electron chi connectivity index (χ4n) is 5.63. The van der Waals surface area contributed by atoms with Gasteiger partial charge in [-0.3, -0.25) is 9.88 Å². The molecule has 1 aliphatic carbocycles. The van der Waals surface area contributed by atoms with Crippen LogP contribution >= 0.6 is 0 Å². The smallest absolute Gasteiger partial charge is 0.373 e. The Hall–Kier alpha value is -3.90. The molecule has 3 aromatic carbocycles. The van der Waals surface area contributed by atoms with Crippen LogP contribution in [0.2, 0.25) is 0 Å². The van der Waals surface area contributed by atoms with Crippen LogP contribution in [0.1, 0.15) is 59.5 Å². The topological polar surface area (TPSA) is 74.0 Å². The van der Waals surface area contributed by atoms with Gasteiger partial charge < -0.3 is 4.74 Å². The number of aromatic amines is 2. The number of H-pyrrole nitrogens is 2. The molecule has 2 N–H and O–H groups in total. The number of benzene rings is 3. The summed E-state index contributed by atoms with van der Waals surface area (Å²) in [6.45, 7) is 2.49. The molecular weight excluding hydrogens is 574 g/mol. The standard InChI is InChI=1S/C31H30F6N4O2/c1-20(22-12-24(30(32,33)34)14-25(13-22)31(35,36)37)43-19-29(23-10-6-3-7-11-23)15-26(16-29)41(17-21-8-4-2-5-9-21)18-27-38-28(42)40-39-27/h2-14,20,26H,15-19H2,1H3,(H2,38,39,40,42)/t20-,26?,29?/m1/s1. The van der Waals surface area contributed by atoms with Crippen LogP contribution in [0.3, 0.4) is 0 Å². The molecule has 1 saturated carbocycles. The zero-order valence-electron chi connectivity index (χ0n) is 23.2. The maximum atomic E-state index is 13.5. The largest absolute Gasteiger partial charge is 0.416 e. The van der Waals surface area contributed by atoms with Crippen molar-refractivity contribution in [2.24, 2.45) is 0 Å². The number of hydrogen-bond donors (Lipinski definition) is 2. The van der Waals surface area contributed by atoms with Gasteiger partial charge in [-0.2, -0.15) is 31.4 Å². The summed E-state index contributed by atoms with van der Waals surface area (Å²) in [5.41, 5.74) is -1.85. The van der Waals surface area contributed by atoms with Crippen molar-refractivity contribution in [3.63, 3.8) is 0 Å². The monoisotopic (exact) mass is 604 g/mol. The summed E-state index contributed by atoms with van der Waals surface area (Å²) in [5, 5.41) is 6.44. The molecule has 0 aliphatic heterocycles. The van der Waals surface area contributed by atoms with Gasteiger partial charge in [-0.15, -0.1) is 0 Å². The lowest BCUT2D eigenvalue weighted by molar-refractivity contribution is -0.143. The predicted octanol–water partition coefficient (Wildman–Crippen LogP) is 7.02. The summed E-state index contributed by atoms with van der Waals surface area (Å²) < 4.78 is 86.8. The fourth-order valence-corrected chi connectivity index (χ4v) is 5.63. The van der Waals surface area contributed by atoms with E-state index in [0.29, 0.717) is 43.9 Å². The van der Waals surface area contributed by atoms with Crippen molar-refractivity contribution >= 4 is 0 Å². The van der Waals surface area contributed by atoms with Crippen LogP contribution in [0.15, 0.2) is 83.7 Å². The van der Waals surface area contributed by atoms with Crippen molar-refractivity contribution in [2.45, 2.75) is 62.8 Å².